The van der Waals surface area contributed by atoms with E-state index in [0.717, 1.165) is 6.42 Å². The van der Waals surface area contributed by atoms with Gasteiger partial charge < -0.3 is 14.6 Å². The molecule has 0 aliphatic rings. The van der Waals surface area contributed by atoms with Crippen LogP contribution in [0.15, 0.2) is 18.2 Å². The Bertz CT molecular complexity index is 504. The van der Waals surface area contributed by atoms with Crippen LogP contribution in [0.2, 0.25) is 0 Å². The lowest BCUT2D eigenvalue weighted by Gasteiger charge is -2.25. The molecule has 0 spiro atoms. The number of ether oxygens (including phenoxy) is 2. The molecule has 0 saturated carbocycles. The molecule has 0 unspecified atom stereocenters. The predicted molar refractivity (Wildman–Crippen MR) is 82.9 cm³/mol. The summed E-state index contributed by atoms with van der Waals surface area (Å²) < 4.78 is 11.2. The lowest BCUT2D eigenvalue weighted by atomic mass is 10.1. The van der Waals surface area contributed by atoms with Crippen LogP contribution in [0.25, 0.3) is 0 Å². The monoisotopic (exact) mass is 294 g/mol. The first-order chi connectivity index (χ1) is 9.60. The largest absolute Gasteiger partial charge is 0.507 e. The Morgan fingerprint density at radius 3 is 2.14 bits per heavy atom. The molecule has 0 saturated heterocycles. The van der Waals surface area contributed by atoms with Crippen molar-refractivity contribution in [1.29, 1.82) is 0 Å². The number of phenolic OH excluding ortho intramolecular Hbond substituents is 1. The van der Waals surface area contributed by atoms with Gasteiger partial charge in [0, 0.05) is 6.07 Å². The summed E-state index contributed by atoms with van der Waals surface area (Å²) in [6.07, 6.45) is 1.54. The number of aromatic hydroxyl groups is 1. The Labute approximate surface area is 127 Å². The van der Waals surface area contributed by atoms with E-state index in [0.29, 0.717) is 12.2 Å². The molecule has 0 bridgehead atoms. The van der Waals surface area contributed by atoms with Gasteiger partial charge in [-0.15, -0.1) is 0 Å². The molecule has 0 amide bonds. The van der Waals surface area contributed by atoms with E-state index in [4.69, 9.17) is 9.47 Å². The molecule has 4 heteroatoms. The number of carbonyl (C=O) groups excluding carboxylic acids is 1. The predicted octanol–water partition coefficient (Wildman–Crippen LogP) is 4.31. The minimum atomic E-state index is -0.553. The van der Waals surface area contributed by atoms with E-state index >= 15 is 0 Å². The highest BCUT2D eigenvalue weighted by Gasteiger charge is 2.24. The van der Waals surface area contributed by atoms with Gasteiger partial charge in [0.15, 0.2) is 0 Å². The minimum absolute atomic E-state index is 0.128. The zero-order valence-corrected chi connectivity index (χ0v) is 13.8. The van der Waals surface area contributed by atoms with Crippen LogP contribution in [0, 0.1) is 0 Å². The van der Waals surface area contributed by atoms with Gasteiger partial charge in [-0.25, -0.2) is 4.79 Å². The first-order valence-corrected chi connectivity index (χ1v) is 7.35. The molecule has 0 heterocycles. The van der Waals surface area contributed by atoms with Crippen LogP contribution in [0.4, 0.5) is 0 Å². The summed E-state index contributed by atoms with van der Waals surface area (Å²) in [6, 6.07) is 4.66. The molecule has 1 N–H and O–H groups in total. The topological polar surface area (TPSA) is 55.8 Å². The van der Waals surface area contributed by atoms with Gasteiger partial charge in [0.1, 0.15) is 28.3 Å². The van der Waals surface area contributed by atoms with Crippen LogP contribution in [0.5, 0.6) is 11.5 Å². The highest BCUT2D eigenvalue weighted by Crippen LogP contribution is 2.29. The van der Waals surface area contributed by atoms with Crippen LogP contribution in [-0.4, -0.2) is 22.3 Å². The second-order valence-electron chi connectivity index (χ2n) is 6.40. The number of esters is 1. The van der Waals surface area contributed by atoms with Gasteiger partial charge in [-0.2, -0.15) is 0 Å². The molecule has 1 aromatic rings. The lowest BCUT2D eigenvalue weighted by Crippen LogP contribution is -2.27. The van der Waals surface area contributed by atoms with Crippen LogP contribution < -0.4 is 4.74 Å². The second-order valence-corrected chi connectivity index (χ2v) is 6.40. The average molecular weight is 294 g/mol. The molecule has 0 aliphatic carbocycles. The maximum atomic E-state index is 12.1. The van der Waals surface area contributed by atoms with Crippen molar-refractivity contribution in [1.82, 2.24) is 0 Å². The molecule has 0 aliphatic heterocycles. The maximum Gasteiger partial charge on any atom is 0.342 e. The van der Waals surface area contributed by atoms with E-state index in [9.17, 15) is 9.90 Å². The third-order valence-corrected chi connectivity index (χ3v) is 3.66. The van der Waals surface area contributed by atoms with E-state index in [1.807, 2.05) is 41.5 Å². The van der Waals surface area contributed by atoms with E-state index in [1.54, 1.807) is 6.07 Å². The fourth-order valence-corrected chi connectivity index (χ4v) is 1.52. The Morgan fingerprint density at radius 2 is 1.67 bits per heavy atom. The summed E-state index contributed by atoms with van der Waals surface area (Å²) >= 11 is 0. The Morgan fingerprint density at radius 1 is 1.10 bits per heavy atom. The number of hydrogen-bond acceptors (Lipinski definition) is 4. The zero-order valence-electron chi connectivity index (χ0n) is 13.8. The van der Waals surface area contributed by atoms with Crippen molar-refractivity contribution in [2.24, 2.45) is 0 Å². The molecule has 0 fully saturated rings. The van der Waals surface area contributed by atoms with Crippen molar-refractivity contribution < 1.29 is 19.4 Å². The van der Waals surface area contributed by atoms with Crippen LogP contribution >= 0.6 is 0 Å². The maximum absolute atomic E-state index is 12.1. The molecule has 0 aromatic heterocycles. The number of hydrogen-bond donors (Lipinski definition) is 1. The molecule has 4 nitrogen and oxygen atoms in total. The molecular weight excluding hydrogens is 268 g/mol. The van der Waals surface area contributed by atoms with Gasteiger partial charge in [0.25, 0.3) is 0 Å². The van der Waals surface area contributed by atoms with Gasteiger partial charge in [-0.05, 0) is 52.7 Å². The Kier molecular flexibility index (Phi) is 5.26. The smallest absolute Gasteiger partial charge is 0.342 e. The highest BCUT2D eigenvalue weighted by atomic mass is 16.6. The molecule has 21 heavy (non-hydrogen) atoms. The van der Waals surface area contributed by atoms with Gasteiger partial charge >= 0.3 is 5.97 Å². The summed E-state index contributed by atoms with van der Waals surface area (Å²) in [5, 5.41) is 10.0. The normalized spacial score (nSPS) is 12.1. The van der Waals surface area contributed by atoms with Crippen molar-refractivity contribution in [2.45, 2.75) is 65.6 Å². The third-order valence-electron chi connectivity index (χ3n) is 3.66. The first-order valence-electron chi connectivity index (χ1n) is 7.35. The Hall–Kier alpha value is -1.71. The SMILES string of the molecule is CCC(C)(C)OC(=O)c1ccc(OC(C)(C)CC)cc1O. The first kappa shape index (κ1) is 17.3. The molecule has 0 atom stereocenters. The summed E-state index contributed by atoms with van der Waals surface area (Å²) in [7, 11) is 0. The molecule has 0 radical (unpaired) electrons. The van der Waals surface area contributed by atoms with E-state index in [1.165, 1.54) is 12.1 Å². The fraction of sp³-hybridized carbons (Fsp3) is 0.588. The van der Waals surface area contributed by atoms with Crippen molar-refractivity contribution in [2.75, 3.05) is 0 Å². The summed E-state index contributed by atoms with van der Waals surface area (Å²) in [5.74, 6) is -0.123. The average Bonchev–Trinajstić information content (AvgIpc) is 2.37. The summed E-state index contributed by atoms with van der Waals surface area (Å²) in [5.41, 5.74) is -0.722. The van der Waals surface area contributed by atoms with E-state index in [-0.39, 0.29) is 16.9 Å². The fourth-order valence-electron chi connectivity index (χ4n) is 1.52. The number of carbonyl (C=O) groups is 1. The number of benzene rings is 1. The quantitative estimate of drug-likeness (QED) is 0.794. The highest BCUT2D eigenvalue weighted by molar-refractivity contribution is 5.92. The van der Waals surface area contributed by atoms with Gasteiger partial charge in [0.2, 0.25) is 0 Å². The van der Waals surface area contributed by atoms with Crippen LogP contribution in [0.3, 0.4) is 0 Å². The van der Waals surface area contributed by atoms with E-state index < -0.39 is 11.6 Å². The molecule has 1 rings (SSSR count). The van der Waals surface area contributed by atoms with Crippen molar-refractivity contribution in [3.63, 3.8) is 0 Å². The van der Waals surface area contributed by atoms with Gasteiger partial charge in [-0.1, -0.05) is 13.8 Å². The van der Waals surface area contributed by atoms with Crippen LogP contribution in [0.1, 0.15) is 64.7 Å². The van der Waals surface area contributed by atoms with Gasteiger partial charge in [0.05, 0.1) is 0 Å². The van der Waals surface area contributed by atoms with E-state index in [2.05, 4.69) is 0 Å². The van der Waals surface area contributed by atoms with Crippen molar-refractivity contribution >= 4 is 5.97 Å². The number of phenols is 1. The third kappa shape index (κ3) is 4.96. The molecule has 1 aromatic carbocycles. The number of rotatable bonds is 6. The Balaban J connectivity index is 2.91. The van der Waals surface area contributed by atoms with Crippen LogP contribution in [-0.2, 0) is 4.74 Å². The summed E-state index contributed by atoms with van der Waals surface area (Å²) in [4.78, 5) is 12.1. The standard InChI is InChI=1S/C17H26O4/c1-7-16(3,4)20-12-9-10-13(14(18)11-12)15(19)21-17(5,6)8-2/h9-11,18H,7-8H2,1-6H3. The van der Waals surface area contributed by atoms with Gasteiger partial charge in [-0.3, -0.25) is 0 Å². The second kappa shape index (κ2) is 6.37. The lowest BCUT2D eigenvalue weighted by molar-refractivity contribution is -0.00269. The minimum Gasteiger partial charge on any atom is -0.507 e. The summed E-state index contributed by atoms with van der Waals surface area (Å²) in [6.45, 7) is 11.6. The van der Waals surface area contributed by atoms with Crippen molar-refractivity contribution in [3.8, 4) is 11.5 Å². The van der Waals surface area contributed by atoms with Crippen molar-refractivity contribution in [3.05, 3.63) is 23.8 Å². The zero-order chi connectivity index (χ0) is 16.3. The molecule has 118 valence electrons. The molecular formula is C17H26O4.